The average molecular weight is 376 g/mol. The van der Waals surface area contributed by atoms with Gasteiger partial charge in [-0.3, -0.25) is 4.90 Å². The minimum Gasteiger partial charge on any atom is -0.478 e. The molecule has 1 atom stereocenters. The minimum atomic E-state index is -0.883. The van der Waals surface area contributed by atoms with Gasteiger partial charge in [-0.1, -0.05) is 47.1 Å². The summed E-state index contributed by atoms with van der Waals surface area (Å²) in [6.45, 7) is 4.78. The normalized spacial score (nSPS) is 17.5. The fourth-order valence-corrected chi connectivity index (χ4v) is 3.84. The monoisotopic (exact) mass is 376 g/mol. The Balaban J connectivity index is 1.41. The molecule has 1 fully saturated rings. The first kappa shape index (κ1) is 18.4. The predicted octanol–water partition coefficient (Wildman–Crippen LogP) is 4.73. The van der Waals surface area contributed by atoms with Gasteiger partial charge in [0, 0.05) is 18.2 Å². The fraction of sp³-hybridized carbons (Fsp3) is 0.304. The summed E-state index contributed by atoms with van der Waals surface area (Å²) >= 11 is 0. The molecule has 2 aromatic carbocycles. The van der Waals surface area contributed by atoms with Gasteiger partial charge in [0.05, 0.1) is 12.1 Å². The highest BCUT2D eigenvalue weighted by Gasteiger charge is 2.23. The zero-order chi connectivity index (χ0) is 19.5. The molecule has 28 heavy (non-hydrogen) atoms. The van der Waals surface area contributed by atoms with Gasteiger partial charge in [-0.05, 0) is 49.9 Å². The zero-order valence-corrected chi connectivity index (χ0v) is 16.0. The molecule has 0 unspecified atom stereocenters. The van der Waals surface area contributed by atoms with E-state index in [1.807, 2.05) is 18.2 Å². The van der Waals surface area contributed by atoms with Crippen LogP contribution in [-0.2, 0) is 6.54 Å². The molecule has 2 heterocycles. The summed E-state index contributed by atoms with van der Waals surface area (Å²) in [7, 11) is 0. The molecule has 1 N–H and O–H groups in total. The lowest BCUT2D eigenvalue weighted by Gasteiger charge is -2.32. The molecule has 5 heteroatoms. The number of likely N-dealkylation sites (tertiary alicyclic amines) is 1. The highest BCUT2D eigenvalue weighted by Crippen LogP contribution is 2.28. The SMILES string of the molecule is Cc1ccc(-c2cc(CN3CCC[C@@H](c4ccc(C(=O)O)cc4)C3)on2)cc1. The first-order chi connectivity index (χ1) is 13.6. The van der Waals surface area contributed by atoms with Crippen molar-refractivity contribution in [1.82, 2.24) is 10.1 Å². The van der Waals surface area contributed by atoms with Gasteiger partial charge in [-0.25, -0.2) is 4.79 Å². The average Bonchev–Trinajstić information content (AvgIpc) is 3.17. The standard InChI is InChI=1S/C23H24N2O3/c1-16-4-6-18(7-5-16)22-13-21(28-24-22)15-25-12-2-3-20(14-25)17-8-10-19(11-9-17)23(26)27/h4-11,13,20H,2-3,12,14-15H2,1H3,(H,26,27)/t20-/m1/s1. The van der Waals surface area contributed by atoms with Gasteiger partial charge < -0.3 is 9.63 Å². The van der Waals surface area contributed by atoms with E-state index in [4.69, 9.17) is 9.63 Å². The maximum atomic E-state index is 11.0. The quantitative estimate of drug-likeness (QED) is 0.697. The maximum absolute atomic E-state index is 11.0. The van der Waals surface area contributed by atoms with Gasteiger partial charge in [-0.15, -0.1) is 0 Å². The summed E-state index contributed by atoms with van der Waals surface area (Å²) in [5, 5.41) is 13.3. The minimum absolute atomic E-state index is 0.335. The van der Waals surface area contributed by atoms with Crippen LogP contribution in [0.5, 0.6) is 0 Å². The van der Waals surface area contributed by atoms with E-state index < -0.39 is 5.97 Å². The second-order valence-corrected chi connectivity index (χ2v) is 7.55. The van der Waals surface area contributed by atoms with E-state index in [0.29, 0.717) is 11.5 Å². The molecule has 1 aromatic heterocycles. The number of hydrogen-bond acceptors (Lipinski definition) is 4. The third-order valence-corrected chi connectivity index (χ3v) is 5.42. The molecular weight excluding hydrogens is 352 g/mol. The van der Waals surface area contributed by atoms with Crippen molar-refractivity contribution in [2.24, 2.45) is 0 Å². The van der Waals surface area contributed by atoms with Crippen LogP contribution in [0.15, 0.2) is 59.1 Å². The number of carboxylic acids is 1. The van der Waals surface area contributed by atoms with E-state index in [9.17, 15) is 4.79 Å². The number of aromatic nitrogens is 1. The number of carbonyl (C=O) groups is 1. The lowest BCUT2D eigenvalue weighted by atomic mass is 9.90. The van der Waals surface area contributed by atoms with Gasteiger partial charge in [-0.2, -0.15) is 0 Å². The number of benzene rings is 2. The third-order valence-electron chi connectivity index (χ3n) is 5.42. The van der Waals surface area contributed by atoms with Crippen LogP contribution in [0.4, 0.5) is 0 Å². The summed E-state index contributed by atoms with van der Waals surface area (Å²) in [6, 6.07) is 17.6. The first-order valence-electron chi connectivity index (χ1n) is 9.67. The molecular formula is C23H24N2O3. The largest absolute Gasteiger partial charge is 0.478 e. The van der Waals surface area contributed by atoms with E-state index in [-0.39, 0.29) is 0 Å². The Kier molecular flexibility index (Phi) is 5.26. The van der Waals surface area contributed by atoms with Crippen LogP contribution in [0.3, 0.4) is 0 Å². The molecule has 1 aliphatic heterocycles. The van der Waals surface area contributed by atoms with E-state index in [2.05, 4.69) is 41.2 Å². The number of nitrogens with zero attached hydrogens (tertiary/aromatic N) is 2. The van der Waals surface area contributed by atoms with Gasteiger partial charge in [0.15, 0.2) is 5.76 Å². The van der Waals surface area contributed by atoms with Crippen LogP contribution >= 0.6 is 0 Å². The molecule has 0 amide bonds. The molecule has 0 aliphatic carbocycles. The van der Waals surface area contributed by atoms with Crippen molar-refractivity contribution >= 4 is 5.97 Å². The summed E-state index contributed by atoms with van der Waals surface area (Å²) in [5.74, 6) is 0.403. The van der Waals surface area contributed by atoms with Crippen molar-refractivity contribution < 1.29 is 14.4 Å². The van der Waals surface area contributed by atoms with Crippen LogP contribution in [0, 0.1) is 6.92 Å². The van der Waals surface area contributed by atoms with Crippen LogP contribution < -0.4 is 0 Å². The smallest absolute Gasteiger partial charge is 0.335 e. The molecule has 1 saturated heterocycles. The Morgan fingerprint density at radius 2 is 1.93 bits per heavy atom. The number of hydrogen-bond donors (Lipinski definition) is 1. The third kappa shape index (κ3) is 4.15. The summed E-state index contributed by atoms with van der Waals surface area (Å²) in [4.78, 5) is 13.4. The van der Waals surface area contributed by atoms with Crippen LogP contribution in [0.1, 0.15) is 46.0 Å². The Labute approximate surface area is 164 Å². The molecule has 0 spiro atoms. The summed E-state index contributed by atoms with van der Waals surface area (Å²) in [5.41, 5.74) is 4.70. The van der Waals surface area contributed by atoms with Crippen molar-refractivity contribution in [1.29, 1.82) is 0 Å². The Morgan fingerprint density at radius 3 is 2.64 bits per heavy atom. The van der Waals surface area contributed by atoms with Gasteiger partial charge in [0.1, 0.15) is 5.69 Å². The van der Waals surface area contributed by atoms with Gasteiger partial charge in [0.2, 0.25) is 0 Å². The van der Waals surface area contributed by atoms with Crippen LogP contribution in [0.2, 0.25) is 0 Å². The van der Waals surface area contributed by atoms with Crippen molar-refractivity contribution in [3.8, 4) is 11.3 Å². The molecule has 5 nitrogen and oxygen atoms in total. The molecule has 4 rings (SSSR count). The van der Waals surface area contributed by atoms with Crippen LogP contribution in [0.25, 0.3) is 11.3 Å². The second kappa shape index (κ2) is 7.98. The van der Waals surface area contributed by atoms with Crippen LogP contribution in [-0.4, -0.2) is 34.2 Å². The van der Waals surface area contributed by atoms with Crippen molar-refractivity contribution in [3.63, 3.8) is 0 Å². The first-order valence-corrected chi connectivity index (χ1v) is 9.67. The van der Waals surface area contributed by atoms with E-state index in [1.165, 1.54) is 11.1 Å². The fourth-order valence-electron chi connectivity index (χ4n) is 3.84. The molecule has 3 aromatic rings. The van der Waals surface area contributed by atoms with Crippen molar-refractivity contribution in [2.75, 3.05) is 13.1 Å². The number of carboxylic acid groups (broad SMARTS) is 1. The molecule has 144 valence electrons. The second-order valence-electron chi connectivity index (χ2n) is 7.55. The maximum Gasteiger partial charge on any atom is 0.335 e. The number of piperidine rings is 1. The molecule has 1 aliphatic rings. The van der Waals surface area contributed by atoms with E-state index >= 15 is 0 Å². The summed E-state index contributed by atoms with van der Waals surface area (Å²) < 4.78 is 5.58. The van der Waals surface area contributed by atoms with Gasteiger partial charge >= 0.3 is 5.97 Å². The van der Waals surface area contributed by atoms with Crippen molar-refractivity contribution in [3.05, 3.63) is 77.0 Å². The van der Waals surface area contributed by atoms with Crippen molar-refractivity contribution in [2.45, 2.75) is 32.2 Å². The highest BCUT2D eigenvalue weighted by atomic mass is 16.5. The predicted molar refractivity (Wildman–Crippen MR) is 107 cm³/mol. The Hall–Kier alpha value is -2.92. The zero-order valence-electron chi connectivity index (χ0n) is 16.0. The van der Waals surface area contributed by atoms with E-state index in [1.54, 1.807) is 12.1 Å². The lowest BCUT2D eigenvalue weighted by Crippen LogP contribution is -2.33. The molecule has 0 radical (unpaired) electrons. The van der Waals surface area contributed by atoms with Gasteiger partial charge in [0.25, 0.3) is 0 Å². The number of aromatic carboxylic acids is 1. The Morgan fingerprint density at radius 1 is 1.18 bits per heavy atom. The van der Waals surface area contributed by atoms with E-state index in [0.717, 1.165) is 49.5 Å². The number of rotatable bonds is 5. The Bertz CT molecular complexity index is 945. The topological polar surface area (TPSA) is 66.6 Å². The molecule has 0 saturated carbocycles. The molecule has 0 bridgehead atoms. The lowest BCUT2D eigenvalue weighted by molar-refractivity contribution is 0.0697. The number of aryl methyl sites for hydroxylation is 1. The summed E-state index contributed by atoms with van der Waals surface area (Å²) in [6.07, 6.45) is 2.23. The highest BCUT2D eigenvalue weighted by molar-refractivity contribution is 5.87.